The molecule has 1 aliphatic rings. The second kappa shape index (κ2) is 4.72. The van der Waals surface area contributed by atoms with E-state index in [1.807, 2.05) is 0 Å². The molecule has 0 spiro atoms. The van der Waals surface area contributed by atoms with E-state index in [4.69, 9.17) is 17.3 Å². The van der Waals surface area contributed by atoms with E-state index in [1.165, 1.54) is 18.9 Å². The molecule has 0 aliphatic heterocycles. The smallest absolute Gasteiger partial charge is 0.127 e. The van der Waals surface area contributed by atoms with Crippen LogP contribution < -0.4 is 5.73 Å². The van der Waals surface area contributed by atoms with Crippen molar-refractivity contribution < 1.29 is 4.39 Å². The van der Waals surface area contributed by atoms with Crippen molar-refractivity contribution in [2.45, 2.75) is 32.2 Å². The van der Waals surface area contributed by atoms with Crippen LogP contribution in [0.4, 0.5) is 4.39 Å². The first kappa shape index (κ1) is 11.9. The first-order valence-electron chi connectivity index (χ1n) is 5.77. The summed E-state index contributed by atoms with van der Waals surface area (Å²) >= 11 is 5.71. The summed E-state index contributed by atoms with van der Waals surface area (Å²) in [4.78, 5) is 0. The van der Waals surface area contributed by atoms with Crippen molar-refractivity contribution in [3.63, 3.8) is 0 Å². The van der Waals surface area contributed by atoms with Crippen molar-refractivity contribution in [1.82, 2.24) is 0 Å². The Morgan fingerprint density at radius 3 is 2.75 bits per heavy atom. The highest BCUT2D eigenvalue weighted by molar-refractivity contribution is 6.30. The van der Waals surface area contributed by atoms with Crippen LogP contribution in [0.2, 0.25) is 5.02 Å². The molecule has 2 atom stereocenters. The van der Waals surface area contributed by atoms with Gasteiger partial charge in [0.2, 0.25) is 0 Å². The first-order valence-corrected chi connectivity index (χ1v) is 6.15. The van der Waals surface area contributed by atoms with Gasteiger partial charge in [-0.05, 0) is 48.8 Å². The van der Waals surface area contributed by atoms with Crippen LogP contribution in [-0.2, 0) is 6.42 Å². The van der Waals surface area contributed by atoms with Gasteiger partial charge in [0.05, 0.1) is 0 Å². The lowest BCUT2D eigenvalue weighted by Gasteiger charge is -2.19. The van der Waals surface area contributed by atoms with Gasteiger partial charge >= 0.3 is 0 Å². The summed E-state index contributed by atoms with van der Waals surface area (Å²) in [6, 6.07) is 4.85. The SMILES string of the molecule is CC(C(N)Cc1ccc(Cl)cc1F)C1CC1. The van der Waals surface area contributed by atoms with E-state index in [-0.39, 0.29) is 11.9 Å². The molecule has 0 saturated heterocycles. The highest BCUT2D eigenvalue weighted by Gasteiger charge is 2.31. The minimum atomic E-state index is -0.244. The van der Waals surface area contributed by atoms with Crippen molar-refractivity contribution in [2.24, 2.45) is 17.6 Å². The van der Waals surface area contributed by atoms with E-state index in [0.717, 1.165) is 5.92 Å². The summed E-state index contributed by atoms with van der Waals surface area (Å²) in [6.45, 7) is 2.16. The average molecular weight is 242 g/mol. The Balaban J connectivity index is 2.02. The number of hydrogen-bond acceptors (Lipinski definition) is 1. The molecule has 1 aliphatic carbocycles. The Morgan fingerprint density at radius 1 is 1.50 bits per heavy atom. The maximum Gasteiger partial charge on any atom is 0.127 e. The summed E-state index contributed by atoms with van der Waals surface area (Å²) in [5.41, 5.74) is 6.77. The van der Waals surface area contributed by atoms with Gasteiger partial charge in [0.15, 0.2) is 0 Å². The van der Waals surface area contributed by atoms with Crippen molar-refractivity contribution in [1.29, 1.82) is 0 Å². The average Bonchev–Trinajstić information content (AvgIpc) is 3.04. The number of hydrogen-bond donors (Lipinski definition) is 1. The fourth-order valence-corrected chi connectivity index (χ4v) is 2.26. The normalized spacial score (nSPS) is 19.5. The van der Waals surface area contributed by atoms with E-state index in [0.29, 0.717) is 22.9 Å². The van der Waals surface area contributed by atoms with Crippen molar-refractivity contribution in [2.75, 3.05) is 0 Å². The van der Waals surface area contributed by atoms with Crippen molar-refractivity contribution >= 4 is 11.6 Å². The van der Waals surface area contributed by atoms with Crippen molar-refractivity contribution in [3.8, 4) is 0 Å². The van der Waals surface area contributed by atoms with Crippen LogP contribution in [-0.4, -0.2) is 6.04 Å². The third-order valence-corrected chi connectivity index (χ3v) is 3.75. The largest absolute Gasteiger partial charge is 0.327 e. The molecule has 0 heterocycles. The van der Waals surface area contributed by atoms with Gasteiger partial charge in [-0.1, -0.05) is 24.6 Å². The van der Waals surface area contributed by atoms with Gasteiger partial charge in [-0.3, -0.25) is 0 Å². The molecule has 2 rings (SSSR count). The van der Waals surface area contributed by atoms with E-state index < -0.39 is 0 Å². The third-order valence-electron chi connectivity index (χ3n) is 3.51. The van der Waals surface area contributed by atoms with E-state index in [2.05, 4.69) is 6.92 Å². The summed E-state index contributed by atoms with van der Waals surface area (Å²) in [5, 5.41) is 0.435. The standard InChI is InChI=1S/C13H17ClFN/c1-8(9-2-3-9)13(16)6-10-4-5-11(14)7-12(10)15/h4-5,7-9,13H,2-3,6,16H2,1H3. The molecule has 0 amide bonds. The second-order valence-electron chi connectivity index (χ2n) is 4.80. The molecule has 1 aromatic carbocycles. The van der Waals surface area contributed by atoms with Gasteiger partial charge in [-0.25, -0.2) is 4.39 Å². The number of nitrogens with two attached hydrogens (primary N) is 1. The zero-order valence-corrected chi connectivity index (χ0v) is 10.2. The molecule has 0 aromatic heterocycles. The number of halogens is 2. The van der Waals surface area contributed by atoms with Gasteiger partial charge in [0, 0.05) is 11.1 Å². The quantitative estimate of drug-likeness (QED) is 0.859. The molecular formula is C13H17ClFN. The third kappa shape index (κ3) is 2.74. The molecule has 1 aromatic rings. The zero-order valence-electron chi connectivity index (χ0n) is 9.42. The molecule has 3 heteroatoms. The predicted molar refractivity (Wildman–Crippen MR) is 65.0 cm³/mol. The Morgan fingerprint density at radius 2 is 2.19 bits per heavy atom. The van der Waals surface area contributed by atoms with E-state index >= 15 is 0 Å². The minimum absolute atomic E-state index is 0.0446. The maximum atomic E-state index is 13.6. The Labute approximate surface area is 101 Å². The lowest BCUT2D eigenvalue weighted by atomic mass is 9.92. The maximum absolute atomic E-state index is 13.6. The monoisotopic (exact) mass is 241 g/mol. The predicted octanol–water partition coefficient (Wildman–Crippen LogP) is 3.40. The topological polar surface area (TPSA) is 26.0 Å². The lowest BCUT2D eigenvalue weighted by Crippen LogP contribution is -2.32. The molecule has 1 nitrogen and oxygen atoms in total. The molecule has 0 bridgehead atoms. The van der Waals surface area contributed by atoms with E-state index in [1.54, 1.807) is 12.1 Å². The van der Waals surface area contributed by atoms with Gasteiger partial charge in [0.25, 0.3) is 0 Å². The van der Waals surface area contributed by atoms with Crippen LogP contribution >= 0.6 is 11.6 Å². The molecule has 1 fully saturated rings. The van der Waals surface area contributed by atoms with Crippen LogP contribution in [0.15, 0.2) is 18.2 Å². The molecule has 2 unspecified atom stereocenters. The Bertz CT molecular complexity index is 376. The second-order valence-corrected chi connectivity index (χ2v) is 5.24. The Kier molecular flexibility index (Phi) is 3.50. The summed E-state index contributed by atoms with van der Waals surface area (Å²) in [7, 11) is 0. The highest BCUT2D eigenvalue weighted by Crippen LogP contribution is 2.38. The molecule has 88 valence electrons. The number of benzene rings is 1. The lowest BCUT2D eigenvalue weighted by molar-refractivity contribution is 0.400. The van der Waals surface area contributed by atoms with Gasteiger partial charge < -0.3 is 5.73 Å². The molecule has 16 heavy (non-hydrogen) atoms. The van der Waals surface area contributed by atoms with E-state index in [9.17, 15) is 4.39 Å². The van der Waals surface area contributed by atoms with Gasteiger partial charge in [-0.2, -0.15) is 0 Å². The molecule has 1 saturated carbocycles. The molecule has 0 radical (unpaired) electrons. The van der Waals surface area contributed by atoms with Gasteiger partial charge in [-0.15, -0.1) is 0 Å². The zero-order chi connectivity index (χ0) is 11.7. The fourth-order valence-electron chi connectivity index (χ4n) is 2.10. The number of rotatable bonds is 4. The van der Waals surface area contributed by atoms with Crippen molar-refractivity contribution in [3.05, 3.63) is 34.6 Å². The summed E-state index contributed by atoms with van der Waals surface area (Å²) in [5.74, 6) is 0.992. The van der Waals surface area contributed by atoms with Crippen LogP contribution in [0.3, 0.4) is 0 Å². The molecule has 2 N–H and O–H groups in total. The summed E-state index contributed by atoms with van der Waals surface area (Å²) in [6.07, 6.45) is 3.15. The minimum Gasteiger partial charge on any atom is -0.327 e. The van der Waals surface area contributed by atoms with Crippen LogP contribution in [0.5, 0.6) is 0 Å². The highest BCUT2D eigenvalue weighted by atomic mass is 35.5. The molecular weight excluding hydrogens is 225 g/mol. The first-order chi connectivity index (χ1) is 7.58. The van der Waals surface area contributed by atoms with Crippen LogP contribution in [0.1, 0.15) is 25.3 Å². The van der Waals surface area contributed by atoms with Crippen LogP contribution in [0, 0.1) is 17.7 Å². The van der Waals surface area contributed by atoms with Gasteiger partial charge in [0.1, 0.15) is 5.82 Å². The van der Waals surface area contributed by atoms with Crippen LogP contribution in [0.25, 0.3) is 0 Å². The Hall–Kier alpha value is -0.600. The fraction of sp³-hybridized carbons (Fsp3) is 0.538. The summed E-state index contributed by atoms with van der Waals surface area (Å²) < 4.78 is 13.6.